The number of nitrogens with zero attached hydrogens (tertiary/aromatic N) is 3. The number of carbonyl (C=O) groups excluding carboxylic acids is 2. The van der Waals surface area contributed by atoms with Gasteiger partial charge in [-0.1, -0.05) is 6.07 Å². The van der Waals surface area contributed by atoms with E-state index in [4.69, 9.17) is 0 Å². The number of hydrogen-bond acceptors (Lipinski definition) is 5. The average molecular weight is 337 g/mol. The Hall–Kier alpha value is -1.44. The summed E-state index contributed by atoms with van der Waals surface area (Å²) < 4.78 is 0. The van der Waals surface area contributed by atoms with E-state index in [2.05, 4.69) is 0 Å². The number of carbonyl (C=O) groups is 2. The lowest BCUT2D eigenvalue weighted by Gasteiger charge is -2.36. The van der Waals surface area contributed by atoms with Gasteiger partial charge in [-0.05, 0) is 30.8 Å². The van der Waals surface area contributed by atoms with Crippen LogP contribution in [0.25, 0.3) is 0 Å². The molecule has 2 aliphatic heterocycles. The molecule has 0 bridgehead atoms. The van der Waals surface area contributed by atoms with Crippen LogP contribution in [0.3, 0.4) is 0 Å². The van der Waals surface area contributed by atoms with E-state index in [1.54, 1.807) is 0 Å². The van der Waals surface area contributed by atoms with Crippen molar-refractivity contribution < 1.29 is 14.7 Å². The molecule has 1 aromatic rings. The average Bonchev–Trinajstić information content (AvgIpc) is 3.09. The van der Waals surface area contributed by atoms with Crippen LogP contribution in [0.1, 0.15) is 22.5 Å². The summed E-state index contributed by atoms with van der Waals surface area (Å²) in [6.07, 6.45) is 1.46. The zero-order valence-electron chi connectivity index (χ0n) is 13.2. The number of aliphatic hydroxyl groups is 1. The minimum absolute atomic E-state index is 0.0613. The molecule has 3 rings (SSSR count). The second kappa shape index (κ2) is 7.42. The smallest absolute Gasteiger partial charge is 0.264 e. The summed E-state index contributed by atoms with van der Waals surface area (Å²) in [5.41, 5.74) is 0. The van der Waals surface area contributed by atoms with Gasteiger partial charge < -0.3 is 14.9 Å². The molecule has 0 aromatic carbocycles. The fourth-order valence-electron chi connectivity index (χ4n) is 3.18. The van der Waals surface area contributed by atoms with Gasteiger partial charge in [-0.2, -0.15) is 0 Å². The van der Waals surface area contributed by atoms with Crippen LogP contribution >= 0.6 is 11.3 Å². The summed E-state index contributed by atoms with van der Waals surface area (Å²) in [6, 6.07) is 3.72. The van der Waals surface area contributed by atoms with Gasteiger partial charge in [-0.3, -0.25) is 14.5 Å². The minimum atomic E-state index is -0.309. The first-order chi connectivity index (χ1) is 11.1. The van der Waals surface area contributed by atoms with Crippen molar-refractivity contribution in [3.63, 3.8) is 0 Å². The lowest BCUT2D eigenvalue weighted by Crippen LogP contribution is -2.53. The summed E-state index contributed by atoms with van der Waals surface area (Å²) in [6.45, 7) is 4.19. The first-order valence-electron chi connectivity index (χ1n) is 8.14. The number of rotatable bonds is 3. The maximum atomic E-state index is 12.4. The topological polar surface area (TPSA) is 64.1 Å². The van der Waals surface area contributed by atoms with E-state index in [0.717, 1.165) is 24.3 Å². The molecule has 23 heavy (non-hydrogen) atoms. The number of aliphatic hydroxyl groups excluding tert-OH is 1. The number of piperazine rings is 1. The van der Waals surface area contributed by atoms with Crippen LogP contribution in [0.5, 0.6) is 0 Å². The summed E-state index contributed by atoms with van der Waals surface area (Å²) in [4.78, 5) is 31.1. The Kier molecular flexibility index (Phi) is 5.30. The third-order valence-electron chi connectivity index (χ3n) is 4.49. The van der Waals surface area contributed by atoms with E-state index in [9.17, 15) is 14.7 Å². The van der Waals surface area contributed by atoms with Crippen LogP contribution in [0.2, 0.25) is 0 Å². The number of thiophene rings is 1. The van der Waals surface area contributed by atoms with Gasteiger partial charge in [0.25, 0.3) is 5.91 Å². The van der Waals surface area contributed by atoms with E-state index < -0.39 is 0 Å². The summed E-state index contributed by atoms with van der Waals surface area (Å²) in [7, 11) is 0. The molecule has 2 aliphatic rings. The Balaban J connectivity index is 1.46. The maximum absolute atomic E-state index is 12.4. The van der Waals surface area contributed by atoms with Crippen molar-refractivity contribution in [2.24, 2.45) is 0 Å². The van der Waals surface area contributed by atoms with E-state index >= 15 is 0 Å². The Morgan fingerprint density at radius 1 is 1.17 bits per heavy atom. The van der Waals surface area contributed by atoms with E-state index in [1.165, 1.54) is 11.3 Å². The van der Waals surface area contributed by atoms with Crippen molar-refractivity contribution in [1.82, 2.24) is 14.7 Å². The molecule has 7 heteroatoms. The quantitative estimate of drug-likeness (QED) is 0.872. The van der Waals surface area contributed by atoms with Gasteiger partial charge in [0.05, 0.1) is 17.5 Å². The highest BCUT2D eigenvalue weighted by Crippen LogP contribution is 2.14. The van der Waals surface area contributed by atoms with Crippen molar-refractivity contribution >= 4 is 23.2 Å². The minimum Gasteiger partial charge on any atom is -0.392 e. The van der Waals surface area contributed by atoms with Gasteiger partial charge in [0.2, 0.25) is 5.91 Å². The SMILES string of the molecule is O=C(CN1CCC[C@H](O)C1)N1CCN(C(=O)c2cccs2)CC1. The van der Waals surface area contributed by atoms with Gasteiger partial charge in [-0.15, -0.1) is 11.3 Å². The number of amides is 2. The second-order valence-electron chi connectivity index (χ2n) is 6.18. The Morgan fingerprint density at radius 2 is 1.91 bits per heavy atom. The van der Waals surface area contributed by atoms with Crippen molar-refractivity contribution in [3.8, 4) is 0 Å². The van der Waals surface area contributed by atoms with Gasteiger partial charge >= 0.3 is 0 Å². The lowest BCUT2D eigenvalue weighted by molar-refractivity contribution is -0.134. The zero-order valence-corrected chi connectivity index (χ0v) is 14.0. The van der Waals surface area contributed by atoms with Crippen molar-refractivity contribution in [3.05, 3.63) is 22.4 Å². The molecule has 0 radical (unpaired) electrons. The van der Waals surface area contributed by atoms with Crippen LogP contribution in [0, 0.1) is 0 Å². The lowest BCUT2D eigenvalue weighted by atomic mass is 10.1. The normalized spacial score (nSPS) is 23.1. The Labute approximate surface area is 140 Å². The molecule has 3 heterocycles. The number of β-amino-alcohol motifs (C(OH)–C–C–N with tert-alkyl or cyclic N) is 1. The summed E-state index contributed by atoms with van der Waals surface area (Å²) in [5.74, 6) is 0.161. The van der Waals surface area contributed by atoms with E-state index in [-0.39, 0.29) is 17.9 Å². The molecular weight excluding hydrogens is 314 g/mol. The highest BCUT2D eigenvalue weighted by molar-refractivity contribution is 7.12. The molecule has 126 valence electrons. The molecule has 1 atom stereocenters. The third kappa shape index (κ3) is 4.10. The van der Waals surface area contributed by atoms with E-state index in [1.807, 2.05) is 32.2 Å². The van der Waals surface area contributed by atoms with Crippen LogP contribution in [0.4, 0.5) is 0 Å². The molecule has 0 unspecified atom stereocenters. The molecule has 2 amide bonds. The Bertz CT molecular complexity index is 541. The summed E-state index contributed by atoms with van der Waals surface area (Å²) in [5, 5.41) is 11.6. The molecule has 0 aliphatic carbocycles. The van der Waals surface area contributed by atoms with Gasteiger partial charge in [0, 0.05) is 32.7 Å². The van der Waals surface area contributed by atoms with Crippen molar-refractivity contribution in [1.29, 1.82) is 0 Å². The summed E-state index contributed by atoms with van der Waals surface area (Å²) >= 11 is 1.45. The molecule has 0 spiro atoms. The molecule has 6 nitrogen and oxygen atoms in total. The highest BCUT2D eigenvalue weighted by Gasteiger charge is 2.27. The second-order valence-corrected chi connectivity index (χ2v) is 7.13. The van der Waals surface area contributed by atoms with Gasteiger partial charge in [0.1, 0.15) is 0 Å². The van der Waals surface area contributed by atoms with Crippen molar-refractivity contribution in [2.45, 2.75) is 18.9 Å². The monoisotopic (exact) mass is 337 g/mol. The predicted molar refractivity (Wildman–Crippen MR) is 88.5 cm³/mol. The third-order valence-corrected chi connectivity index (χ3v) is 5.35. The van der Waals surface area contributed by atoms with E-state index in [0.29, 0.717) is 39.3 Å². The standard InChI is InChI=1S/C16H23N3O3S/c20-13-3-1-5-17(11-13)12-15(21)18-6-8-19(9-7-18)16(22)14-4-2-10-23-14/h2,4,10,13,20H,1,3,5-9,11-12H2/t13-/m0/s1. The fourth-order valence-corrected chi connectivity index (χ4v) is 3.87. The van der Waals surface area contributed by atoms with Crippen molar-refractivity contribution in [2.75, 3.05) is 45.8 Å². The molecule has 1 N–H and O–H groups in total. The maximum Gasteiger partial charge on any atom is 0.264 e. The van der Waals surface area contributed by atoms with Gasteiger partial charge in [0.15, 0.2) is 0 Å². The molecule has 1 aromatic heterocycles. The largest absolute Gasteiger partial charge is 0.392 e. The highest BCUT2D eigenvalue weighted by atomic mass is 32.1. The van der Waals surface area contributed by atoms with Crippen LogP contribution in [-0.4, -0.2) is 83.5 Å². The molecular formula is C16H23N3O3S. The van der Waals surface area contributed by atoms with Crippen LogP contribution in [-0.2, 0) is 4.79 Å². The Morgan fingerprint density at radius 3 is 2.57 bits per heavy atom. The number of hydrogen-bond donors (Lipinski definition) is 1. The first kappa shape index (κ1) is 16.4. The molecule has 2 saturated heterocycles. The van der Waals surface area contributed by atoms with Gasteiger partial charge in [-0.25, -0.2) is 0 Å². The fraction of sp³-hybridized carbons (Fsp3) is 0.625. The predicted octanol–water partition coefficient (Wildman–Crippen LogP) is 0.489. The number of piperidine rings is 1. The number of likely N-dealkylation sites (tertiary alicyclic amines) is 1. The molecule has 2 fully saturated rings. The first-order valence-corrected chi connectivity index (χ1v) is 9.02. The molecule has 0 saturated carbocycles. The van der Waals surface area contributed by atoms with Crippen LogP contribution < -0.4 is 0 Å². The van der Waals surface area contributed by atoms with Crippen LogP contribution in [0.15, 0.2) is 17.5 Å². The zero-order chi connectivity index (χ0) is 16.2.